The molecule has 0 aliphatic carbocycles. The molecule has 1 aromatic heterocycles. The molecular formula is C21H19ClN4O2. The topological polar surface area (TPSA) is 77.8 Å². The molecule has 7 heteroatoms. The van der Waals surface area contributed by atoms with E-state index in [0.717, 1.165) is 22.4 Å². The lowest BCUT2D eigenvalue weighted by molar-refractivity contribution is 0.0955. The van der Waals surface area contributed by atoms with Crippen molar-refractivity contribution in [3.8, 4) is 16.9 Å². The zero-order chi connectivity index (χ0) is 20.1. The van der Waals surface area contributed by atoms with Gasteiger partial charge < -0.3 is 10.0 Å². The molecule has 1 amide bonds. The van der Waals surface area contributed by atoms with Gasteiger partial charge in [0.25, 0.3) is 5.91 Å². The van der Waals surface area contributed by atoms with Gasteiger partial charge in [0.05, 0.1) is 11.2 Å². The number of carbonyl (C=O) groups excluding carboxylic acids is 1. The molecule has 142 valence electrons. The van der Waals surface area contributed by atoms with Crippen LogP contribution in [0.2, 0.25) is 5.02 Å². The summed E-state index contributed by atoms with van der Waals surface area (Å²) >= 11 is 5.81. The predicted molar refractivity (Wildman–Crippen MR) is 112 cm³/mol. The van der Waals surface area contributed by atoms with E-state index >= 15 is 0 Å². The normalized spacial score (nSPS) is 10.8. The molecule has 0 aliphatic rings. The number of hydrogen-bond acceptors (Lipinski definition) is 5. The van der Waals surface area contributed by atoms with Crippen LogP contribution in [0, 0.1) is 0 Å². The van der Waals surface area contributed by atoms with E-state index in [1.165, 1.54) is 24.4 Å². The van der Waals surface area contributed by atoms with Gasteiger partial charge in [-0.25, -0.2) is 5.43 Å². The molecular weight excluding hydrogens is 376 g/mol. The second kappa shape index (κ2) is 8.54. The molecule has 0 saturated carbocycles. The maximum absolute atomic E-state index is 12.1. The molecule has 0 fully saturated rings. The van der Waals surface area contributed by atoms with Crippen molar-refractivity contribution in [2.75, 3.05) is 19.0 Å². The van der Waals surface area contributed by atoms with Crippen LogP contribution in [-0.2, 0) is 0 Å². The van der Waals surface area contributed by atoms with Crippen molar-refractivity contribution in [3.63, 3.8) is 0 Å². The third-order valence-corrected chi connectivity index (χ3v) is 4.37. The number of hydrogen-bond donors (Lipinski definition) is 2. The highest BCUT2D eigenvalue weighted by Gasteiger charge is 2.07. The van der Waals surface area contributed by atoms with Crippen LogP contribution < -0.4 is 10.3 Å². The number of pyridine rings is 1. The van der Waals surface area contributed by atoms with E-state index in [1.807, 2.05) is 49.3 Å². The van der Waals surface area contributed by atoms with Crippen LogP contribution in [-0.4, -0.2) is 36.3 Å². The van der Waals surface area contributed by atoms with Gasteiger partial charge in [0, 0.05) is 48.9 Å². The van der Waals surface area contributed by atoms with E-state index in [4.69, 9.17) is 11.6 Å². The third-order valence-electron chi connectivity index (χ3n) is 4.07. The molecule has 0 radical (unpaired) electrons. The van der Waals surface area contributed by atoms with Crippen molar-refractivity contribution < 1.29 is 9.90 Å². The number of halogens is 1. The fourth-order valence-electron chi connectivity index (χ4n) is 2.52. The van der Waals surface area contributed by atoms with E-state index in [1.54, 1.807) is 12.4 Å². The number of aromatic nitrogens is 1. The number of nitrogens with zero attached hydrogens (tertiary/aromatic N) is 3. The predicted octanol–water partition coefficient (Wildman–Crippen LogP) is 3.94. The zero-order valence-electron chi connectivity index (χ0n) is 15.4. The molecule has 2 aromatic carbocycles. The molecule has 1 heterocycles. The Morgan fingerprint density at radius 2 is 1.86 bits per heavy atom. The van der Waals surface area contributed by atoms with Crippen LogP contribution in [0.1, 0.15) is 15.9 Å². The fraction of sp³-hybridized carbons (Fsp3) is 0.0952. The van der Waals surface area contributed by atoms with Crippen molar-refractivity contribution in [2.24, 2.45) is 5.10 Å². The Morgan fingerprint density at radius 1 is 1.11 bits per heavy atom. The molecule has 3 aromatic rings. The van der Waals surface area contributed by atoms with Crippen molar-refractivity contribution in [3.05, 3.63) is 77.1 Å². The number of phenolic OH excluding ortho intramolecular Hbond substituents is 1. The Morgan fingerprint density at radius 3 is 2.54 bits per heavy atom. The largest absolute Gasteiger partial charge is 0.506 e. The third kappa shape index (κ3) is 4.66. The van der Waals surface area contributed by atoms with E-state index in [-0.39, 0.29) is 10.8 Å². The minimum Gasteiger partial charge on any atom is -0.506 e. The van der Waals surface area contributed by atoms with Crippen molar-refractivity contribution >= 4 is 29.4 Å². The highest BCUT2D eigenvalue weighted by molar-refractivity contribution is 6.32. The number of amides is 1. The number of aromatic hydroxyl groups is 1. The van der Waals surface area contributed by atoms with Gasteiger partial charge in [0.15, 0.2) is 0 Å². The smallest absolute Gasteiger partial charge is 0.271 e. The summed E-state index contributed by atoms with van der Waals surface area (Å²) in [6.07, 6.45) is 4.95. The number of nitrogens with one attached hydrogen (secondary N) is 1. The lowest BCUT2D eigenvalue weighted by Crippen LogP contribution is -2.17. The van der Waals surface area contributed by atoms with Crippen LogP contribution in [0.3, 0.4) is 0 Å². The van der Waals surface area contributed by atoms with E-state index in [2.05, 4.69) is 15.5 Å². The molecule has 0 bridgehead atoms. The summed E-state index contributed by atoms with van der Waals surface area (Å²) < 4.78 is 0. The summed E-state index contributed by atoms with van der Waals surface area (Å²) in [5, 5.41) is 13.5. The van der Waals surface area contributed by atoms with Gasteiger partial charge in [0.2, 0.25) is 0 Å². The van der Waals surface area contributed by atoms with E-state index in [0.29, 0.717) is 5.56 Å². The molecule has 28 heavy (non-hydrogen) atoms. The van der Waals surface area contributed by atoms with Gasteiger partial charge in [-0.15, -0.1) is 0 Å². The Kier molecular flexibility index (Phi) is 5.91. The molecule has 0 saturated heterocycles. The maximum Gasteiger partial charge on any atom is 0.271 e. The zero-order valence-corrected chi connectivity index (χ0v) is 16.2. The Labute approximate surface area is 168 Å². The van der Waals surface area contributed by atoms with Gasteiger partial charge in [-0.1, -0.05) is 23.7 Å². The number of benzene rings is 2. The van der Waals surface area contributed by atoms with Gasteiger partial charge >= 0.3 is 0 Å². The van der Waals surface area contributed by atoms with Gasteiger partial charge in [-0.2, -0.15) is 5.10 Å². The Bertz CT molecular complexity index is 1020. The van der Waals surface area contributed by atoms with Crippen molar-refractivity contribution in [2.45, 2.75) is 0 Å². The summed E-state index contributed by atoms with van der Waals surface area (Å²) in [5.74, 6) is -0.509. The summed E-state index contributed by atoms with van der Waals surface area (Å²) in [4.78, 5) is 18.4. The number of hydrazone groups is 1. The van der Waals surface area contributed by atoms with Crippen molar-refractivity contribution in [1.82, 2.24) is 10.4 Å². The monoisotopic (exact) mass is 394 g/mol. The first-order chi connectivity index (χ1) is 13.4. The van der Waals surface area contributed by atoms with Gasteiger partial charge in [0.1, 0.15) is 5.75 Å². The lowest BCUT2D eigenvalue weighted by Gasteiger charge is -2.12. The second-order valence-corrected chi connectivity index (χ2v) is 6.72. The first kappa shape index (κ1) is 19.4. The Hall–Kier alpha value is -3.38. The standard InChI is InChI=1S/C21H19ClN4O2/c1-26(2)18-6-3-15(4-7-18)17-9-14(11-23-13-17)12-24-25-21(28)16-5-8-20(27)19(22)10-16/h3-13,27H,1-2H3,(H,25,28). The first-order valence-electron chi connectivity index (χ1n) is 8.49. The summed E-state index contributed by atoms with van der Waals surface area (Å²) in [7, 11) is 3.99. The van der Waals surface area contributed by atoms with Crippen LogP contribution in [0.15, 0.2) is 66.0 Å². The fourth-order valence-corrected chi connectivity index (χ4v) is 2.70. The second-order valence-electron chi connectivity index (χ2n) is 6.31. The van der Waals surface area contributed by atoms with Crippen molar-refractivity contribution in [1.29, 1.82) is 0 Å². The minimum absolute atomic E-state index is 0.0804. The van der Waals surface area contributed by atoms with E-state index < -0.39 is 5.91 Å². The summed E-state index contributed by atoms with van der Waals surface area (Å²) in [5.41, 5.74) is 6.58. The number of phenols is 1. The molecule has 6 nitrogen and oxygen atoms in total. The molecule has 0 unspecified atom stereocenters. The highest BCUT2D eigenvalue weighted by Crippen LogP contribution is 2.24. The lowest BCUT2D eigenvalue weighted by atomic mass is 10.1. The number of anilines is 1. The number of rotatable bonds is 5. The van der Waals surface area contributed by atoms with Crippen LogP contribution >= 0.6 is 11.6 Å². The molecule has 2 N–H and O–H groups in total. The minimum atomic E-state index is -0.429. The molecule has 3 rings (SSSR count). The SMILES string of the molecule is CN(C)c1ccc(-c2cncc(C=NNC(=O)c3ccc(O)c(Cl)c3)c2)cc1. The highest BCUT2D eigenvalue weighted by atomic mass is 35.5. The quantitative estimate of drug-likeness (QED) is 0.507. The van der Waals surface area contributed by atoms with Gasteiger partial charge in [-0.3, -0.25) is 9.78 Å². The Balaban J connectivity index is 1.70. The number of carbonyl (C=O) groups is 1. The molecule has 0 aliphatic heterocycles. The van der Waals surface area contributed by atoms with Crippen LogP contribution in [0.5, 0.6) is 5.75 Å². The summed E-state index contributed by atoms with van der Waals surface area (Å²) in [6, 6.07) is 14.3. The molecule has 0 atom stereocenters. The van der Waals surface area contributed by atoms with Crippen LogP contribution in [0.25, 0.3) is 11.1 Å². The van der Waals surface area contributed by atoms with Crippen LogP contribution in [0.4, 0.5) is 5.69 Å². The maximum atomic E-state index is 12.1. The summed E-state index contributed by atoms with van der Waals surface area (Å²) in [6.45, 7) is 0. The average Bonchev–Trinajstić information content (AvgIpc) is 2.70. The van der Waals surface area contributed by atoms with E-state index in [9.17, 15) is 9.90 Å². The first-order valence-corrected chi connectivity index (χ1v) is 8.86. The average molecular weight is 395 g/mol. The molecule has 0 spiro atoms. The van der Waals surface area contributed by atoms with Gasteiger partial charge in [-0.05, 0) is 42.0 Å².